The highest BCUT2D eigenvalue weighted by Crippen LogP contribution is 2.23. The van der Waals surface area contributed by atoms with Crippen LogP contribution < -0.4 is 5.32 Å². The molecule has 5 nitrogen and oxygen atoms in total. The van der Waals surface area contributed by atoms with Crippen molar-refractivity contribution in [1.82, 2.24) is 19.9 Å². The van der Waals surface area contributed by atoms with Gasteiger partial charge in [0.25, 0.3) is 5.91 Å². The standard InChI is InChI=1S/C23H20F2N4O/c1-14(2)15-3-5-16(6-4-15)21-9-10-26-22-19(13-28-29(21)22)23(30)27-12-17-7-8-18(24)11-20(17)25/h3-11,13-14H,12H2,1-2H3,(H,27,30). The quantitative estimate of drug-likeness (QED) is 0.521. The van der Waals surface area contributed by atoms with Gasteiger partial charge < -0.3 is 5.32 Å². The number of benzene rings is 2. The molecule has 0 atom stereocenters. The molecule has 30 heavy (non-hydrogen) atoms. The summed E-state index contributed by atoms with van der Waals surface area (Å²) in [5.41, 5.74) is 3.86. The molecule has 2 aromatic heterocycles. The highest BCUT2D eigenvalue weighted by Gasteiger charge is 2.17. The Bertz CT molecular complexity index is 1220. The van der Waals surface area contributed by atoms with Gasteiger partial charge in [-0.15, -0.1) is 0 Å². The second-order valence-corrected chi connectivity index (χ2v) is 7.32. The van der Waals surface area contributed by atoms with Gasteiger partial charge in [0.2, 0.25) is 0 Å². The monoisotopic (exact) mass is 406 g/mol. The van der Waals surface area contributed by atoms with E-state index < -0.39 is 17.5 Å². The first-order chi connectivity index (χ1) is 14.4. The van der Waals surface area contributed by atoms with Gasteiger partial charge in [-0.05, 0) is 23.6 Å². The van der Waals surface area contributed by atoms with Crippen LogP contribution in [0.1, 0.15) is 41.3 Å². The minimum Gasteiger partial charge on any atom is -0.348 e. The molecule has 0 spiro atoms. The average Bonchev–Trinajstić information content (AvgIpc) is 3.17. The number of nitrogens with zero attached hydrogens (tertiary/aromatic N) is 3. The molecule has 0 aliphatic heterocycles. The molecule has 4 rings (SSSR count). The van der Waals surface area contributed by atoms with Crippen LogP contribution in [0.2, 0.25) is 0 Å². The van der Waals surface area contributed by atoms with Gasteiger partial charge in [0, 0.05) is 29.9 Å². The molecule has 0 saturated heterocycles. The van der Waals surface area contributed by atoms with Crippen LogP contribution in [0.5, 0.6) is 0 Å². The number of hydrogen-bond donors (Lipinski definition) is 1. The van der Waals surface area contributed by atoms with E-state index in [-0.39, 0.29) is 17.7 Å². The Hall–Kier alpha value is -3.61. The van der Waals surface area contributed by atoms with Crippen molar-refractivity contribution < 1.29 is 13.6 Å². The van der Waals surface area contributed by atoms with E-state index in [2.05, 4.69) is 41.4 Å². The highest BCUT2D eigenvalue weighted by molar-refractivity contribution is 5.99. The van der Waals surface area contributed by atoms with Crippen molar-refractivity contribution in [3.8, 4) is 11.3 Å². The molecule has 0 aliphatic carbocycles. The summed E-state index contributed by atoms with van der Waals surface area (Å²) in [7, 11) is 0. The normalized spacial score (nSPS) is 11.2. The van der Waals surface area contributed by atoms with E-state index in [9.17, 15) is 13.6 Å². The number of hydrogen-bond acceptors (Lipinski definition) is 3. The fourth-order valence-corrected chi connectivity index (χ4v) is 3.24. The summed E-state index contributed by atoms with van der Waals surface area (Å²) in [5.74, 6) is -1.38. The summed E-state index contributed by atoms with van der Waals surface area (Å²) in [4.78, 5) is 16.9. The second kappa shape index (κ2) is 8.02. The fourth-order valence-electron chi connectivity index (χ4n) is 3.24. The van der Waals surface area contributed by atoms with E-state index in [1.807, 2.05) is 18.2 Å². The van der Waals surface area contributed by atoms with Crippen LogP contribution in [0.3, 0.4) is 0 Å². The maximum absolute atomic E-state index is 13.8. The maximum Gasteiger partial charge on any atom is 0.257 e. The molecule has 2 aromatic carbocycles. The Balaban J connectivity index is 1.60. The van der Waals surface area contributed by atoms with Crippen molar-refractivity contribution in [1.29, 1.82) is 0 Å². The topological polar surface area (TPSA) is 59.3 Å². The third-order valence-electron chi connectivity index (χ3n) is 4.97. The predicted molar refractivity (Wildman–Crippen MR) is 110 cm³/mol. The third-order valence-corrected chi connectivity index (χ3v) is 4.97. The lowest BCUT2D eigenvalue weighted by atomic mass is 10.0. The lowest BCUT2D eigenvalue weighted by Gasteiger charge is -2.09. The molecule has 4 aromatic rings. The molecule has 0 aliphatic rings. The predicted octanol–water partition coefficient (Wildman–Crippen LogP) is 4.73. The van der Waals surface area contributed by atoms with Crippen LogP contribution in [0.25, 0.3) is 16.9 Å². The summed E-state index contributed by atoms with van der Waals surface area (Å²) in [6.07, 6.45) is 3.06. The van der Waals surface area contributed by atoms with Crippen molar-refractivity contribution in [2.45, 2.75) is 26.3 Å². The van der Waals surface area contributed by atoms with Crippen molar-refractivity contribution >= 4 is 11.6 Å². The fraction of sp³-hybridized carbons (Fsp3) is 0.174. The average molecular weight is 406 g/mol. The van der Waals surface area contributed by atoms with Crippen molar-refractivity contribution in [2.75, 3.05) is 0 Å². The lowest BCUT2D eigenvalue weighted by Crippen LogP contribution is -2.23. The minimum absolute atomic E-state index is 0.0708. The van der Waals surface area contributed by atoms with E-state index in [0.29, 0.717) is 11.6 Å². The first-order valence-electron chi connectivity index (χ1n) is 9.59. The van der Waals surface area contributed by atoms with Gasteiger partial charge in [-0.1, -0.05) is 44.2 Å². The van der Waals surface area contributed by atoms with Gasteiger partial charge in [0.1, 0.15) is 17.2 Å². The van der Waals surface area contributed by atoms with Gasteiger partial charge in [-0.3, -0.25) is 4.79 Å². The van der Waals surface area contributed by atoms with E-state index in [1.54, 1.807) is 10.7 Å². The molecular formula is C23H20F2N4O. The summed E-state index contributed by atoms with van der Waals surface area (Å²) in [6.45, 7) is 4.20. The Morgan fingerprint density at radius 1 is 1.10 bits per heavy atom. The number of amides is 1. The number of nitrogens with one attached hydrogen (secondary N) is 1. The van der Waals surface area contributed by atoms with Gasteiger partial charge in [0.05, 0.1) is 11.9 Å². The van der Waals surface area contributed by atoms with Crippen molar-refractivity contribution in [3.05, 3.63) is 89.2 Å². The highest BCUT2D eigenvalue weighted by atomic mass is 19.1. The summed E-state index contributed by atoms with van der Waals surface area (Å²) < 4.78 is 28.4. The van der Waals surface area contributed by atoms with Crippen molar-refractivity contribution in [3.63, 3.8) is 0 Å². The molecule has 0 bridgehead atoms. The molecule has 152 valence electrons. The van der Waals surface area contributed by atoms with E-state index in [4.69, 9.17) is 0 Å². The number of aromatic nitrogens is 3. The SMILES string of the molecule is CC(C)c1ccc(-c2ccnc3c(C(=O)NCc4ccc(F)cc4F)cnn23)cc1. The molecule has 0 fully saturated rings. The summed E-state index contributed by atoms with van der Waals surface area (Å²) in [6, 6.07) is 13.2. The van der Waals surface area contributed by atoms with Crippen LogP contribution in [-0.2, 0) is 6.54 Å². The minimum atomic E-state index is -0.708. The van der Waals surface area contributed by atoms with Crippen LogP contribution in [0, 0.1) is 11.6 Å². The van der Waals surface area contributed by atoms with Crippen LogP contribution in [0.15, 0.2) is 60.9 Å². The Labute approximate surface area is 172 Å². The van der Waals surface area contributed by atoms with Crippen molar-refractivity contribution in [2.24, 2.45) is 0 Å². The van der Waals surface area contributed by atoms with E-state index in [1.165, 1.54) is 17.8 Å². The van der Waals surface area contributed by atoms with Crippen LogP contribution >= 0.6 is 0 Å². The number of carbonyl (C=O) groups is 1. The number of rotatable bonds is 5. The molecule has 1 N–H and O–H groups in total. The number of halogens is 2. The van der Waals surface area contributed by atoms with Crippen LogP contribution in [0.4, 0.5) is 8.78 Å². The molecule has 7 heteroatoms. The smallest absolute Gasteiger partial charge is 0.257 e. The molecule has 0 unspecified atom stereocenters. The Morgan fingerprint density at radius 2 is 1.87 bits per heavy atom. The van der Waals surface area contributed by atoms with Gasteiger partial charge >= 0.3 is 0 Å². The lowest BCUT2D eigenvalue weighted by molar-refractivity contribution is 0.0952. The molecule has 0 radical (unpaired) electrons. The van der Waals surface area contributed by atoms with Gasteiger partial charge in [-0.2, -0.15) is 5.10 Å². The number of carbonyl (C=O) groups excluding carboxylic acids is 1. The maximum atomic E-state index is 13.8. The first-order valence-corrected chi connectivity index (χ1v) is 9.59. The molecule has 0 saturated carbocycles. The summed E-state index contributed by atoms with van der Waals surface area (Å²) in [5, 5.41) is 6.97. The zero-order valence-corrected chi connectivity index (χ0v) is 16.6. The Morgan fingerprint density at radius 3 is 2.57 bits per heavy atom. The van der Waals surface area contributed by atoms with E-state index in [0.717, 1.165) is 23.4 Å². The zero-order chi connectivity index (χ0) is 21.3. The largest absolute Gasteiger partial charge is 0.348 e. The first kappa shape index (κ1) is 19.7. The van der Waals surface area contributed by atoms with Gasteiger partial charge in [0.15, 0.2) is 5.65 Å². The summed E-state index contributed by atoms with van der Waals surface area (Å²) >= 11 is 0. The zero-order valence-electron chi connectivity index (χ0n) is 16.6. The number of fused-ring (bicyclic) bond motifs is 1. The van der Waals surface area contributed by atoms with E-state index >= 15 is 0 Å². The molecule has 2 heterocycles. The van der Waals surface area contributed by atoms with Crippen LogP contribution in [-0.4, -0.2) is 20.5 Å². The molecule has 1 amide bonds. The Kier molecular flexibility index (Phi) is 5.27. The third kappa shape index (κ3) is 3.78. The van der Waals surface area contributed by atoms with Gasteiger partial charge in [-0.25, -0.2) is 18.3 Å². The molecular weight excluding hydrogens is 386 g/mol. The second-order valence-electron chi connectivity index (χ2n) is 7.32.